The summed E-state index contributed by atoms with van der Waals surface area (Å²) in [5, 5.41) is 3.28. The van der Waals surface area contributed by atoms with Gasteiger partial charge in [0.25, 0.3) is 5.91 Å². The first kappa shape index (κ1) is 19.6. The normalized spacial score (nSPS) is 10.5. The molecule has 0 saturated carbocycles. The zero-order valence-electron chi connectivity index (χ0n) is 14.1. The maximum Gasteiger partial charge on any atom is 0.251 e. The molecule has 0 aliphatic carbocycles. The van der Waals surface area contributed by atoms with E-state index in [9.17, 15) is 9.18 Å². The maximum absolute atomic E-state index is 13.6. The molecule has 0 atom stereocenters. The highest BCUT2D eigenvalue weighted by atomic mass is 35.5. The second-order valence-electron chi connectivity index (χ2n) is 5.38. The molecule has 2 aromatic carbocycles. The van der Waals surface area contributed by atoms with Crippen LogP contribution in [0.25, 0.3) is 0 Å². The van der Waals surface area contributed by atoms with E-state index >= 15 is 0 Å². The SMILES string of the molecule is CCCOc1ccc(C(=O)NCCSCc2c(F)cccc2Cl)cc1. The first-order valence-corrected chi connectivity index (χ1v) is 9.66. The number of carbonyl (C=O) groups excluding carboxylic acids is 1. The van der Waals surface area contributed by atoms with Gasteiger partial charge in [-0.15, -0.1) is 0 Å². The van der Waals surface area contributed by atoms with Crippen LogP contribution >= 0.6 is 23.4 Å². The molecule has 0 aromatic heterocycles. The largest absolute Gasteiger partial charge is 0.494 e. The van der Waals surface area contributed by atoms with Crippen molar-refractivity contribution >= 4 is 29.3 Å². The fourth-order valence-corrected chi connectivity index (χ4v) is 3.30. The Morgan fingerprint density at radius 3 is 2.68 bits per heavy atom. The van der Waals surface area contributed by atoms with Crippen molar-refractivity contribution < 1.29 is 13.9 Å². The molecule has 0 saturated heterocycles. The van der Waals surface area contributed by atoms with Gasteiger partial charge >= 0.3 is 0 Å². The molecular weight excluding hydrogens is 361 g/mol. The van der Waals surface area contributed by atoms with E-state index in [1.54, 1.807) is 36.4 Å². The van der Waals surface area contributed by atoms with Crippen molar-refractivity contribution in [1.82, 2.24) is 5.32 Å². The molecule has 25 heavy (non-hydrogen) atoms. The molecule has 1 N–H and O–H groups in total. The molecule has 6 heteroatoms. The van der Waals surface area contributed by atoms with Gasteiger partial charge in [-0.1, -0.05) is 24.6 Å². The Morgan fingerprint density at radius 1 is 1.24 bits per heavy atom. The van der Waals surface area contributed by atoms with E-state index in [1.165, 1.54) is 17.8 Å². The average molecular weight is 382 g/mol. The van der Waals surface area contributed by atoms with Crippen molar-refractivity contribution in [3.63, 3.8) is 0 Å². The third kappa shape index (κ3) is 6.25. The summed E-state index contributed by atoms with van der Waals surface area (Å²) in [6.45, 7) is 3.21. The molecule has 0 aliphatic rings. The number of amides is 1. The summed E-state index contributed by atoms with van der Waals surface area (Å²) >= 11 is 7.51. The zero-order chi connectivity index (χ0) is 18.1. The van der Waals surface area contributed by atoms with Gasteiger partial charge in [0, 0.05) is 34.2 Å². The lowest BCUT2D eigenvalue weighted by Gasteiger charge is -2.08. The smallest absolute Gasteiger partial charge is 0.251 e. The summed E-state index contributed by atoms with van der Waals surface area (Å²) in [6.07, 6.45) is 0.942. The maximum atomic E-state index is 13.6. The van der Waals surface area contributed by atoms with E-state index in [0.717, 1.165) is 12.2 Å². The van der Waals surface area contributed by atoms with Crippen LogP contribution in [0.1, 0.15) is 29.3 Å². The molecule has 134 valence electrons. The zero-order valence-corrected chi connectivity index (χ0v) is 15.6. The van der Waals surface area contributed by atoms with Crippen molar-refractivity contribution in [2.24, 2.45) is 0 Å². The molecule has 3 nitrogen and oxygen atoms in total. The fraction of sp³-hybridized carbons (Fsp3) is 0.316. The molecule has 0 aliphatic heterocycles. The van der Waals surface area contributed by atoms with Gasteiger partial charge in [0.15, 0.2) is 0 Å². The minimum absolute atomic E-state index is 0.133. The van der Waals surface area contributed by atoms with Crippen LogP contribution in [0.2, 0.25) is 5.02 Å². The van der Waals surface area contributed by atoms with Gasteiger partial charge in [-0.25, -0.2) is 4.39 Å². The standard InChI is InChI=1S/C19H21ClFNO2S/c1-2-11-24-15-8-6-14(7-9-15)19(23)22-10-12-25-13-16-17(20)4-3-5-18(16)21/h3-9H,2,10-13H2,1H3,(H,22,23). The number of thioether (sulfide) groups is 1. The van der Waals surface area contributed by atoms with Crippen molar-refractivity contribution in [1.29, 1.82) is 0 Å². The van der Waals surface area contributed by atoms with Crippen LogP contribution in [0.5, 0.6) is 5.75 Å². The molecule has 1 amide bonds. The summed E-state index contributed by atoms with van der Waals surface area (Å²) in [4.78, 5) is 12.1. The van der Waals surface area contributed by atoms with Gasteiger partial charge in [-0.05, 0) is 42.8 Å². The van der Waals surface area contributed by atoms with E-state index < -0.39 is 0 Å². The Hall–Kier alpha value is -1.72. The molecule has 0 radical (unpaired) electrons. The number of nitrogens with one attached hydrogen (secondary N) is 1. The highest BCUT2D eigenvalue weighted by molar-refractivity contribution is 7.98. The molecule has 2 rings (SSSR count). The Morgan fingerprint density at radius 2 is 2.00 bits per heavy atom. The predicted molar refractivity (Wildman–Crippen MR) is 102 cm³/mol. The second-order valence-corrected chi connectivity index (χ2v) is 6.89. The van der Waals surface area contributed by atoms with Crippen LogP contribution in [-0.4, -0.2) is 24.8 Å². The summed E-state index contributed by atoms with van der Waals surface area (Å²) in [5.41, 5.74) is 1.09. The Balaban J connectivity index is 1.71. The van der Waals surface area contributed by atoms with E-state index in [-0.39, 0.29) is 11.7 Å². The summed E-state index contributed by atoms with van der Waals surface area (Å²) < 4.78 is 19.1. The highest BCUT2D eigenvalue weighted by Crippen LogP contribution is 2.23. The molecule has 2 aromatic rings. The van der Waals surface area contributed by atoms with Crippen LogP contribution in [0.3, 0.4) is 0 Å². The Bertz CT molecular complexity index is 674. The van der Waals surface area contributed by atoms with Crippen LogP contribution in [-0.2, 0) is 5.75 Å². The molecule has 0 bridgehead atoms. The van der Waals surface area contributed by atoms with Crippen molar-refractivity contribution in [3.8, 4) is 5.75 Å². The lowest BCUT2D eigenvalue weighted by molar-refractivity contribution is 0.0956. The third-order valence-electron chi connectivity index (χ3n) is 3.43. The lowest BCUT2D eigenvalue weighted by atomic mass is 10.2. The van der Waals surface area contributed by atoms with E-state index in [0.29, 0.717) is 40.8 Å². The van der Waals surface area contributed by atoms with Crippen molar-refractivity contribution in [2.45, 2.75) is 19.1 Å². The van der Waals surface area contributed by atoms with Crippen LogP contribution in [0.4, 0.5) is 4.39 Å². The number of rotatable bonds is 9. The molecule has 0 heterocycles. The molecular formula is C19H21ClFNO2S. The van der Waals surface area contributed by atoms with Crippen LogP contribution in [0, 0.1) is 5.82 Å². The van der Waals surface area contributed by atoms with E-state index in [4.69, 9.17) is 16.3 Å². The average Bonchev–Trinajstić information content (AvgIpc) is 2.62. The Kier molecular flexibility index (Phi) is 8.09. The predicted octanol–water partition coefficient (Wildman–Crippen LogP) is 4.93. The number of carbonyl (C=O) groups is 1. The number of hydrogen-bond donors (Lipinski definition) is 1. The van der Waals surface area contributed by atoms with Gasteiger partial charge in [-0.2, -0.15) is 11.8 Å². The van der Waals surface area contributed by atoms with E-state index in [2.05, 4.69) is 5.32 Å². The highest BCUT2D eigenvalue weighted by Gasteiger charge is 2.08. The van der Waals surface area contributed by atoms with Crippen molar-refractivity contribution in [2.75, 3.05) is 18.9 Å². The van der Waals surface area contributed by atoms with Crippen molar-refractivity contribution in [3.05, 3.63) is 64.4 Å². The number of hydrogen-bond acceptors (Lipinski definition) is 3. The quantitative estimate of drug-likeness (QED) is 0.626. The van der Waals surface area contributed by atoms with E-state index in [1.807, 2.05) is 6.92 Å². The Labute approximate surface area is 156 Å². The number of ether oxygens (including phenoxy) is 1. The van der Waals surface area contributed by atoms with Crippen LogP contribution in [0.15, 0.2) is 42.5 Å². The first-order valence-electron chi connectivity index (χ1n) is 8.13. The summed E-state index contributed by atoms with van der Waals surface area (Å²) in [5.74, 6) is 1.48. The summed E-state index contributed by atoms with van der Waals surface area (Å²) in [7, 11) is 0. The van der Waals surface area contributed by atoms with Gasteiger partial charge in [-0.3, -0.25) is 4.79 Å². The monoisotopic (exact) mass is 381 g/mol. The van der Waals surface area contributed by atoms with Crippen LogP contribution < -0.4 is 10.1 Å². The number of halogens is 2. The number of benzene rings is 2. The van der Waals surface area contributed by atoms with Gasteiger partial charge in [0.1, 0.15) is 11.6 Å². The molecule has 0 spiro atoms. The third-order valence-corrected chi connectivity index (χ3v) is 4.77. The first-order chi connectivity index (χ1) is 12.1. The topological polar surface area (TPSA) is 38.3 Å². The lowest BCUT2D eigenvalue weighted by Crippen LogP contribution is -2.25. The summed E-state index contributed by atoms with van der Waals surface area (Å²) in [6, 6.07) is 11.7. The fourth-order valence-electron chi connectivity index (χ4n) is 2.11. The molecule has 0 unspecified atom stereocenters. The van der Waals surface area contributed by atoms with Gasteiger partial charge in [0.2, 0.25) is 0 Å². The minimum Gasteiger partial charge on any atom is -0.494 e. The minimum atomic E-state index is -0.297. The molecule has 0 fully saturated rings. The van der Waals surface area contributed by atoms with Gasteiger partial charge in [0.05, 0.1) is 6.61 Å². The van der Waals surface area contributed by atoms with Gasteiger partial charge < -0.3 is 10.1 Å². The second kappa shape index (κ2) is 10.3.